The third-order valence-corrected chi connectivity index (χ3v) is 5.63. The topological polar surface area (TPSA) is 113 Å². The van der Waals surface area contributed by atoms with Crippen LogP contribution in [-0.2, 0) is 19.6 Å². The van der Waals surface area contributed by atoms with Crippen LogP contribution in [0.3, 0.4) is 0 Å². The third kappa shape index (κ3) is 4.80. The zero-order valence-corrected chi connectivity index (χ0v) is 16.5. The average Bonchev–Trinajstić information content (AvgIpc) is 2.59. The zero-order chi connectivity index (χ0) is 20.1. The van der Waals surface area contributed by atoms with Gasteiger partial charge in [0.15, 0.2) is 0 Å². The Morgan fingerprint density at radius 3 is 2.38 bits per heavy atom. The molecular weight excluding hydrogens is 360 g/mol. The van der Waals surface area contributed by atoms with Gasteiger partial charge in [-0.2, -0.15) is 4.31 Å². The number of benzene rings is 1. The maximum Gasteiger partial charge on any atom is 0.337 e. The van der Waals surface area contributed by atoms with Gasteiger partial charge in [-0.05, 0) is 30.0 Å². The van der Waals surface area contributed by atoms with Gasteiger partial charge in [0, 0.05) is 6.54 Å². The smallest absolute Gasteiger partial charge is 0.337 e. The molecular formula is C17H26N2O6S. The van der Waals surface area contributed by atoms with Gasteiger partial charge in [-0.15, -0.1) is 0 Å². The van der Waals surface area contributed by atoms with Gasteiger partial charge in [-0.3, -0.25) is 10.0 Å². The van der Waals surface area contributed by atoms with Crippen molar-refractivity contribution in [3.8, 4) is 0 Å². The number of hydroxylamine groups is 1. The van der Waals surface area contributed by atoms with Gasteiger partial charge < -0.3 is 4.74 Å². The number of esters is 1. The lowest BCUT2D eigenvalue weighted by atomic mass is 9.86. The van der Waals surface area contributed by atoms with Crippen molar-refractivity contribution in [1.29, 1.82) is 0 Å². The van der Waals surface area contributed by atoms with E-state index in [9.17, 15) is 18.0 Å². The molecule has 0 radical (unpaired) electrons. The number of carbonyl (C=O) groups is 2. The SMILES string of the molecule is CCCN([C@@H](C(=O)NO)C(C)(C)C)S(=O)(=O)c1cccc(C(=O)OC)c1. The van der Waals surface area contributed by atoms with Crippen molar-refractivity contribution < 1.29 is 28.0 Å². The molecule has 146 valence electrons. The normalized spacial score (nSPS) is 13.3. The number of hydrogen-bond donors (Lipinski definition) is 2. The van der Waals surface area contributed by atoms with Crippen LogP contribution in [-0.4, -0.2) is 49.5 Å². The standard InChI is InChI=1S/C17H26N2O6S/c1-6-10-19(14(15(20)18-22)17(2,3)4)26(23,24)13-9-7-8-12(11-13)16(21)25-5/h7-9,11,14,22H,6,10H2,1-5H3,(H,18,20)/t14-/m0/s1. The Balaban J connectivity index is 3.51. The molecule has 0 unspecified atom stereocenters. The molecule has 9 heteroatoms. The lowest BCUT2D eigenvalue weighted by Gasteiger charge is -2.37. The van der Waals surface area contributed by atoms with E-state index in [1.54, 1.807) is 33.2 Å². The molecule has 0 saturated heterocycles. The van der Waals surface area contributed by atoms with Crippen LogP contribution < -0.4 is 5.48 Å². The molecule has 8 nitrogen and oxygen atoms in total. The summed E-state index contributed by atoms with van der Waals surface area (Å²) in [7, 11) is -2.91. The molecule has 1 amide bonds. The first kappa shape index (κ1) is 22.1. The second-order valence-corrected chi connectivity index (χ2v) is 8.77. The van der Waals surface area contributed by atoms with Gasteiger partial charge in [0.25, 0.3) is 5.91 Å². The maximum atomic E-state index is 13.2. The predicted molar refractivity (Wildman–Crippen MR) is 95.1 cm³/mol. The molecule has 1 atom stereocenters. The number of ether oxygens (including phenoxy) is 1. The molecule has 1 aromatic carbocycles. The molecule has 1 aromatic rings. The van der Waals surface area contributed by atoms with Gasteiger partial charge >= 0.3 is 5.97 Å². The van der Waals surface area contributed by atoms with Crippen LogP contribution in [0.4, 0.5) is 0 Å². The molecule has 2 N–H and O–H groups in total. The molecule has 0 spiro atoms. The van der Waals surface area contributed by atoms with Gasteiger partial charge in [0.1, 0.15) is 6.04 Å². The Morgan fingerprint density at radius 1 is 1.31 bits per heavy atom. The van der Waals surface area contributed by atoms with Crippen LogP contribution in [0.1, 0.15) is 44.5 Å². The fraction of sp³-hybridized carbons (Fsp3) is 0.529. The molecule has 0 heterocycles. The zero-order valence-electron chi connectivity index (χ0n) is 15.6. The van der Waals surface area contributed by atoms with E-state index in [4.69, 9.17) is 5.21 Å². The Labute approximate surface area is 154 Å². The van der Waals surface area contributed by atoms with E-state index in [0.717, 1.165) is 4.31 Å². The van der Waals surface area contributed by atoms with Crippen LogP contribution in [0, 0.1) is 5.41 Å². The van der Waals surface area contributed by atoms with Crippen LogP contribution in [0.5, 0.6) is 0 Å². The Morgan fingerprint density at radius 2 is 1.92 bits per heavy atom. The summed E-state index contributed by atoms with van der Waals surface area (Å²) in [6.07, 6.45) is 0.460. The quantitative estimate of drug-likeness (QED) is 0.420. The monoisotopic (exact) mass is 386 g/mol. The van der Waals surface area contributed by atoms with Gasteiger partial charge in [0.05, 0.1) is 17.6 Å². The number of methoxy groups -OCH3 is 1. The lowest BCUT2D eigenvalue weighted by molar-refractivity contribution is -0.136. The van der Waals surface area contributed by atoms with E-state index in [-0.39, 0.29) is 17.0 Å². The number of hydrogen-bond acceptors (Lipinski definition) is 6. The van der Waals surface area contributed by atoms with Crippen LogP contribution in [0.2, 0.25) is 0 Å². The van der Waals surface area contributed by atoms with E-state index in [1.807, 2.05) is 0 Å². The van der Waals surface area contributed by atoms with Crippen molar-refractivity contribution in [3.05, 3.63) is 29.8 Å². The van der Waals surface area contributed by atoms with Crippen molar-refractivity contribution in [2.24, 2.45) is 5.41 Å². The van der Waals surface area contributed by atoms with E-state index >= 15 is 0 Å². The number of nitrogens with one attached hydrogen (secondary N) is 1. The highest BCUT2D eigenvalue weighted by molar-refractivity contribution is 7.89. The highest BCUT2D eigenvalue weighted by atomic mass is 32.2. The summed E-state index contributed by atoms with van der Waals surface area (Å²) in [6, 6.07) is 4.29. The van der Waals surface area contributed by atoms with E-state index < -0.39 is 33.4 Å². The van der Waals surface area contributed by atoms with Crippen LogP contribution >= 0.6 is 0 Å². The lowest BCUT2D eigenvalue weighted by Crippen LogP contribution is -2.55. The minimum atomic E-state index is -4.11. The fourth-order valence-electron chi connectivity index (χ4n) is 2.66. The molecule has 0 aromatic heterocycles. The molecule has 1 rings (SSSR count). The first-order chi connectivity index (χ1) is 12.0. The number of sulfonamides is 1. The van der Waals surface area contributed by atoms with Crippen LogP contribution in [0.25, 0.3) is 0 Å². The first-order valence-corrected chi connectivity index (χ1v) is 9.58. The predicted octanol–water partition coefficient (Wildman–Crippen LogP) is 1.79. The summed E-state index contributed by atoms with van der Waals surface area (Å²) in [4.78, 5) is 23.8. The summed E-state index contributed by atoms with van der Waals surface area (Å²) >= 11 is 0. The maximum absolute atomic E-state index is 13.2. The molecule has 26 heavy (non-hydrogen) atoms. The van der Waals surface area contributed by atoms with Crippen molar-refractivity contribution in [3.63, 3.8) is 0 Å². The number of nitrogens with zero attached hydrogens (tertiary/aromatic N) is 1. The van der Waals surface area contributed by atoms with Crippen molar-refractivity contribution >= 4 is 21.9 Å². The summed E-state index contributed by atoms with van der Waals surface area (Å²) in [5.41, 5.74) is 0.858. The molecule has 0 bridgehead atoms. The van der Waals surface area contributed by atoms with E-state index in [1.165, 1.54) is 31.4 Å². The van der Waals surface area contributed by atoms with Crippen molar-refractivity contribution in [2.45, 2.75) is 45.1 Å². The van der Waals surface area contributed by atoms with E-state index in [0.29, 0.717) is 6.42 Å². The number of amides is 1. The minimum Gasteiger partial charge on any atom is -0.465 e. The molecule has 0 aliphatic heterocycles. The van der Waals surface area contributed by atoms with Gasteiger partial charge in [-0.1, -0.05) is 33.8 Å². The van der Waals surface area contributed by atoms with Gasteiger partial charge in [0.2, 0.25) is 10.0 Å². The van der Waals surface area contributed by atoms with Gasteiger partial charge in [-0.25, -0.2) is 18.7 Å². The highest BCUT2D eigenvalue weighted by Crippen LogP contribution is 2.30. The highest BCUT2D eigenvalue weighted by Gasteiger charge is 2.42. The summed E-state index contributed by atoms with van der Waals surface area (Å²) in [5, 5.41) is 9.09. The Kier molecular flexibility index (Phi) is 7.31. The Hall–Kier alpha value is -1.97. The summed E-state index contributed by atoms with van der Waals surface area (Å²) < 4.78 is 32.1. The average molecular weight is 386 g/mol. The van der Waals surface area contributed by atoms with E-state index in [2.05, 4.69) is 4.74 Å². The molecule has 0 fully saturated rings. The molecule has 0 aliphatic rings. The minimum absolute atomic E-state index is 0.0696. The first-order valence-electron chi connectivity index (χ1n) is 8.14. The second-order valence-electron chi connectivity index (χ2n) is 6.88. The fourth-order valence-corrected chi connectivity index (χ4v) is 4.57. The third-order valence-electron chi connectivity index (χ3n) is 3.77. The van der Waals surface area contributed by atoms with Crippen molar-refractivity contribution in [2.75, 3.05) is 13.7 Å². The number of rotatable bonds is 7. The summed E-state index contributed by atoms with van der Waals surface area (Å²) in [5.74, 6) is -1.48. The van der Waals surface area contributed by atoms with Crippen molar-refractivity contribution in [1.82, 2.24) is 9.79 Å². The molecule has 0 saturated carbocycles. The number of carbonyl (C=O) groups excluding carboxylic acids is 2. The molecule has 0 aliphatic carbocycles. The largest absolute Gasteiger partial charge is 0.465 e. The summed E-state index contributed by atoms with van der Waals surface area (Å²) in [6.45, 7) is 6.96. The second kappa shape index (κ2) is 8.61. The Bertz CT molecular complexity index is 755. The van der Waals surface area contributed by atoms with Crippen LogP contribution in [0.15, 0.2) is 29.2 Å².